The summed E-state index contributed by atoms with van der Waals surface area (Å²) in [7, 11) is 1.76. The Labute approximate surface area is 178 Å². The molecule has 0 saturated carbocycles. The Morgan fingerprint density at radius 2 is 1.94 bits per heavy atom. The average Bonchev–Trinajstić information content (AvgIpc) is 3.27. The van der Waals surface area contributed by atoms with Gasteiger partial charge in [0.25, 0.3) is 0 Å². The van der Waals surface area contributed by atoms with E-state index in [0.29, 0.717) is 30.6 Å². The smallest absolute Gasteiger partial charge is 0.357 e. The first-order chi connectivity index (χ1) is 14.7. The van der Waals surface area contributed by atoms with Crippen LogP contribution < -0.4 is 10.6 Å². The van der Waals surface area contributed by atoms with Crippen molar-refractivity contribution >= 4 is 5.96 Å². The summed E-state index contributed by atoms with van der Waals surface area (Å²) in [5.74, 6) is 1.07. The molecule has 0 unspecified atom stereocenters. The van der Waals surface area contributed by atoms with Crippen molar-refractivity contribution in [3.05, 3.63) is 58.9 Å². The number of benzene rings is 1. The van der Waals surface area contributed by atoms with Gasteiger partial charge in [0.15, 0.2) is 5.96 Å². The highest BCUT2D eigenvalue weighted by Gasteiger charge is 2.33. The van der Waals surface area contributed by atoms with E-state index >= 15 is 0 Å². The standard InChI is InChI=1S/C20H25F3N8/c1-5-24-19(26-11-18-27-12-28-30(18)4)25-10-15-6-7-16(9-17(15)20(21,22)23)31-14(3)8-13(2)29-31/h6-9,12H,5,10-11H2,1-4H3,(H2,24,25,26). The van der Waals surface area contributed by atoms with E-state index in [0.717, 1.165) is 17.5 Å². The number of nitrogens with zero attached hydrogens (tertiary/aromatic N) is 6. The van der Waals surface area contributed by atoms with E-state index in [1.165, 1.54) is 17.1 Å². The number of hydrogen-bond acceptors (Lipinski definition) is 4. The number of guanidine groups is 1. The van der Waals surface area contributed by atoms with Crippen molar-refractivity contribution in [3.8, 4) is 5.69 Å². The predicted molar refractivity (Wildman–Crippen MR) is 111 cm³/mol. The molecule has 3 rings (SSSR count). The molecule has 0 fully saturated rings. The molecule has 31 heavy (non-hydrogen) atoms. The maximum Gasteiger partial charge on any atom is 0.416 e. The molecule has 0 saturated heterocycles. The molecule has 0 aliphatic carbocycles. The zero-order valence-corrected chi connectivity index (χ0v) is 17.8. The van der Waals surface area contributed by atoms with Crippen molar-refractivity contribution < 1.29 is 13.2 Å². The van der Waals surface area contributed by atoms with E-state index in [2.05, 4.69) is 30.8 Å². The van der Waals surface area contributed by atoms with Gasteiger partial charge in [-0.25, -0.2) is 14.7 Å². The monoisotopic (exact) mass is 434 g/mol. The highest BCUT2D eigenvalue weighted by atomic mass is 19.4. The van der Waals surface area contributed by atoms with E-state index < -0.39 is 11.7 Å². The Morgan fingerprint density at radius 3 is 2.52 bits per heavy atom. The van der Waals surface area contributed by atoms with Gasteiger partial charge in [-0.1, -0.05) is 6.07 Å². The minimum atomic E-state index is -4.51. The summed E-state index contributed by atoms with van der Waals surface area (Å²) in [5, 5.41) is 14.3. The maximum atomic E-state index is 13.8. The second kappa shape index (κ2) is 9.19. The third kappa shape index (κ3) is 5.41. The van der Waals surface area contributed by atoms with Gasteiger partial charge >= 0.3 is 6.18 Å². The van der Waals surface area contributed by atoms with Gasteiger partial charge in [0.1, 0.15) is 12.2 Å². The van der Waals surface area contributed by atoms with Crippen LogP contribution >= 0.6 is 0 Å². The van der Waals surface area contributed by atoms with Gasteiger partial charge in [0.05, 0.1) is 30.0 Å². The van der Waals surface area contributed by atoms with Gasteiger partial charge in [-0.15, -0.1) is 0 Å². The Morgan fingerprint density at radius 1 is 1.16 bits per heavy atom. The van der Waals surface area contributed by atoms with Gasteiger partial charge in [-0.05, 0) is 44.5 Å². The quantitative estimate of drug-likeness (QED) is 0.460. The number of rotatable bonds is 6. The van der Waals surface area contributed by atoms with Gasteiger partial charge in [0, 0.05) is 19.3 Å². The minimum absolute atomic E-state index is 0.0774. The number of aliphatic imine (C=N–C) groups is 1. The molecule has 0 atom stereocenters. The van der Waals surface area contributed by atoms with Crippen LogP contribution in [0.1, 0.15) is 35.3 Å². The van der Waals surface area contributed by atoms with Crippen molar-refractivity contribution in [2.45, 2.75) is 40.0 Å². The van der Waals surface area contributed by atoms with Crippen molar-refractivity contribution in [1.29, 1.82) is 0 Å². The highest BCUT2D eigenvalue weighted by Crippen LogP contribution is 2.34. The molecule has 2 aromatic heterocycles. The second-order valence-corrected chi connectivity index (χ2v) is 7.03. The van der Waals surface area contributed by atoms with Crippen LogP contribution in [0.15, 0.2) is 35.6 Å². The molecule has 0 aliphatic heterocycles. The maximum absolute atomic E-state index is 13.8. The molecule has 0 radical (unpaired) electrons. The molecule has 3 aromatic rings. The molecular weight excluding hydrogens is 409 g/mol. The molecule has 11 heteroatoms. The van der Waals surface area contributed by atoms with Crippen molar-refractivity contribution in [2.75, 3.05) is 6.54 Å². The Balaban J connectivity index is 1.86. The topological polar surface area (TPSA) is 84.9 Å². The molecule has 0 bridgehead atoms. The molecular formula is C20H25F3N8. The fourth-order valence-corrected chi connectivity index (χ4v) is 3.14. The predicted octanol–water partition coefficient (Wildman–Crippen LogP) is 2.89. The molecule has 2 heterocycles. The lowest BCUT2D eigenvalue weighted by atomic mass is 10.1. The third-order valence-electron chi connectivity index (χ3n) is 4.62. The number of halogens is 3. The molecule has 1 aromatic carbocycles. The van der Waals surface area contributed by atoms with Gasteiger partial charge in [-0.2, -0.15) is 23.4 Å². The summed E-state index contributed by atoms with van der Waals surface area (Å²) in [6, 6.07) is 6.00. The van der Waals surface area contributed by atoms with E-state index in [1.54, 1.807) is 31.6 Å². The zero-order chi connectivity index (χ0) is 22.6. The van der Waals surface area contributed by atoms with Crippen molar-refractivity contribution in [3.63, 3.8) is 0 Å². The fourth-order valence-electron chi connectivity index (χ4n) is 3.14. The second-order valence-electron chi connectivity index (χ2n) is 7.03. The SMILES string of the molecule is CCNC(=NCc1ccc(-n2nc(C)cc2C)cc1C(F)(F)F)NCc1ncnn1C. The molecule has 8 nitrogen and oxygen atoms in total. The van der Waals surface area contributed by atoms with Crippen LogP contribution in [-0.4, -0.2) is 37.0 Å². The largest absolute Gasteiger partial charge is 0.416 e. The molecule has 0 amide bonds. The summed E-state index contributed by atoms with van der Waals surface area (Å²) in [6.07, 6.45) is -3.08. The molecule has 0 spiro atoms. The van der Waals surface area contributed by atoms with Crippen LogP contribution in [0.4, 0.5) is 13.2 Å². The first-order valence-corrected chi connectivity index (χ1v) is 9.78. The zero-order valence-electron chi connectivity index (χ0n) is 17.8. The van der Waals surface area contributed by atoms with Crippen LogP contribution in [0.2, 0.25) is 0 Å². The number of nitrogens with one attached hydrogen (secondary N) is 2. The fraction of sp³-hybridized carbons (Fsp3) is 0.400. The van der Waals surface area contributed by atoms with Gasteiger partial charge in [-0.3, -0.25) is 4.68 Å². The van der Waals surface area contributed by atoms with Crippen LogP contribution in [0, 0.1) is 13.8 Å². The lowest BCUT2D eigenvalue weighted by molar-refractivity contribution is -0.138. The summed E-state index contributed by atoms with van der Waals surface area (Å²) in [6.45, 7) is 6.24. The third-order valence-corrected chi connectivity index (χ3v) is 4.62. The van der Waals surface area contributed by atoms with Gasteiger partial charge in [0.2, 0.25) is 0 Å². The molecule has 2 N–H and O–H groups in total. The normalized spacial score (nSPS) is 12.3. The lowest BCUT2D eigenvalue weighted by Gasteiger charge is -2.15. The Kier molecular flexibility index (Phi) is 6.62. The first kappa shape index (κ1) is 22.3. The average molecular weight is 434 g/mol. The van der Waals surface area contributed by atoms with Crippen molar-refractivity contribution in [1.82, 2.24) is 35.2 Å². The van der Waals surface area contributed by atoms with Crippen LogP contribution in [0.3, 0.4) is 0 Å². The molecule has 0 aliphatic rings. The van der Waals surface area contributed by atoms with E-state index in [1.807, 2.05) is 13.0 Å². The summed E-state index contributed by atoms with van der Waals surface area (Å²) in [5.41, 5.74) is 1.21. The number of aromatic nitrogens is 5. The number of alkyl halides is 3. The minimum Gasteiger partial charge on any atom is -0.357 e. The van der Waals surface area contributed by atoms with Gasteiger partial charge < -0.3 is 10.6 Å². The number of aryl methyl sites for hydroxylation is 3. The van der Waals surface area contributed by atoms with Crippen LogP contribution in [0.5, 0.6) is 0 Å². The van der Waals surface area contributed by atoms with E-state index in [-0.39, 0.29) is 12.1 Å². The Bertz CT molecular complexity index is 1060. The van der Waals surface area contributed by atoms with Crippen LogP contribution in [-0.2, 0) is 26.3 Å². The van der Waals surface area contributed by atoms with Crippen molar-refractivity contribution in [2.24, 2.45) is 12.0 Å². The number of hydrogen-bond donors (Lipinski definition) is 2. The summed E-state index contributed by atoms with van der Waals surface area (Å²) < 4.78 is 44.4. The van der Waals surface area contributed by atoms with Crippen LogP contribution in [0.25, 0.3) is 5.69 Å². The van der Waals surface area contributed by atoms with E-state index in [4.69, 9.17) is 0 Å². The molecule has 166 valence electrons. The lowest BCUT2D eigenvalue weighted by Crippen LogP contribution is -2.37. The van der Waals surface area contributed by atoms with E-state index in [9.17, 15) is 13.2 Å². The Hall–Kier alpha value is -3.37. The summed E-state index contributed by atoms with van der Waals surface area (Å²) in [4.78, 5) is 8.44. The first-order valence-electron chi connectivity index (χ1n) is 9.78. The highest BCUT2D eigenvalue weighted by molar-refractivity contribution is 5.79. The summed E-state index contributed by atoms with van der Waals surface area (Å²) >= 11 is 0.